The lowest BCUT2D eigenvalue weighted by Gasteiger charge is -2.29. The molecule has 0 atom stereocenters. The van der Waals surface area contributed by atoms with Gasteiger partial charge in [-0.2, -0.15) is 0 Å². The summed E-state index contributed by atoms with van der Waals surface area (Å²) in [6.07, 6.45) is 1.08. The maximum absolute atomic E-state index is 13.4. The predicted molar refractivity (Wildman–Crippen MR) is 104 cm³/mol. The minimum atomic E-state index is -3.83. The van der Waals surface area contributed by atoms with Crippen molar-refractivity contribution in [1.29, 1.82) is 0 Å². The number of halogens is 1. The summed E-state index contributed by atoms with van der Waals surface area (Å²) in [5, 5.41) is 9.52. The van der Waals surface area contributed by atoms with Gasteiger partial charge < -0.3 is 10.0 Å². The monoisotopic (exact) mass is 406 g/mol. The first-order chi connectivity index (χ1) is 13.2. The van der Waals surface area contributed by atoms with Crippen LogP contribution in [0.3, 0.4) is 0 Å². The van der Waals surface area contributed by atoms with Gasteiger partial charge in [0, 0.05) is 18.8 Å². The summed E-state index contributed by atoms with van der Waals surface area (Å²) in [5.41, 5.74) is 1.39. The highest BCUT2D eigenvalue weighted by Gasteiger charge is 2.21. The van der Waals surface area contributed by atoms with Gasteiger partial charge in [0.05, 0.1) is 17.4 Å². The Morgan fingerprint density at radius 3 is 2.43 bits per heavy atom. The minimum absolute atomic E-state index is 0.0120. The lowest BCUT2D eigenvalue weighted by Crippen LogP contribution is -2.40. The molecule has 28 heavy (non-hydrogen) atoms. The van der Waals surface area contributed by atoms with Crippen molar-refractivity contribution in [3.8, 4) is 0 Å². The Balaban J connectivity index is 1.64. The van der Waals surface area contributed by atoms with E-state index in [4.69, 9.17) is 0 Å². The molecule has 0 radical (unpaired) electrons. The molecule has 3 rings (SSSR count). The van der Waals surface area contributed by atoms with E-state index in [1.165, 1.54) is 19.1 Å². The molecule has 1 aliphatic heterocycles. The maximum Gasteiger partial charge on any atom is 0.261 e. The number of aliphatic hydroxyl groups is 1. The number of aliphatic hydroxyl groups excluding tert-OH is 1. The van der Waals surface area contributed by atoms with E-state index < -0.39 is 15.8 Å². The van der Waals surface area contributed by atoms with Gasteiger partial charge in [-0.25, -0.2) is 12.8 Å². The highest BCUT2D eigenvalue weighted by Crippen LogP contribution is 2.20. The summed E-state index contributed by atoms with van der Waals surface area (Å²) in [5.74, 6) is -0.474. The lowest BCUT2D eigenvalue weighted by atomic mass is 10.1. The Hall–Kier alpha value is -2.45. The van der Waals surface area contributed by atoms with Crippen LogP contribution in [0.1, 0.15) is 24.0 Å². The molecular weight excluding hydrogens is 383 g/mol. The molecule has 2 aromatic rings. The van der Waals surface area contributed by atoms with Crippen molar-refractivity contribution in [2.75, 3.05) is 17.8 Å². The van der Waals surface area contributed by atoms with Gasteiger partial charge in [-0.15, -0.1) is 0 Å². The van der Waals surface area contributed by atoms with Crippen molar-refractivity contribution in [1.82, 2.24) is 4.90 Å². The zero-order valence-corrected chi connectivity index (χ0v) is 16.4. The molecule has 0 bridgehead atoms. The maximum atomic E-state index is 13.4. The average Bonchev–Trinajstić information content (AvgIpc) is 2.65. The fraction of sp³-hybridized carbons (Fsp3) is 0.350. The van der Waals surface area contributed by atoms with E-state index in [1.54, 1.807) is 29.2 Å². The Bertz CT molecular complexity index is 953. The fourth-order valence-electron chi connectivity index (χ4n) is 3.09. The summed E-state index contributed by atoms with van der Waals surface area (Å²) in [7, 11) is -3.83. The lowest BCUT2D eigenvalue weighted by molar-refractivity contribution is -0.132. The van der Waals surface area contributed by atoms with E-state index in [0.717, 1.165) is 11.6 Å². The van der Waals surface area contributed by atoms with Crippen LogP contribution in [0.5, 0.6) is 0 Å². The third-order valence-corrected chi connectivity index (χ3v) is 6.20. The summed E-state index contributed by atoms with van der Waals surface area (Å²) in [6, 6.07) is 10.2. The quantitative estimate of drug-likeness (QED) is 0.799. The number of carbonyl (C=O) groups excluding carboxylic acids is 1. The van der Waals surface area contributed by atoms with Crippen LogP contribution >= 0.6 is 0 Å². The van der Waals surface area contributed by atoms with Crippen molar-refractivity contribution >= 4 is 21.6 Å². The van der Waals surface area contributed by atoms with Crippen molar-refractivity contribution in [2.24, 2.45) is 0 Å². The zero-order valence-electron chi connectivity index (χ0n) is 15.6. The molecule has 8 heteroatoms. The molecular formula is C20H23FN2O4S. The Labute approximate surface area is 164 Å². The van der Waals surface area contributed by atoms with Crippen LogP contribution in [0.4, 0.5) is 10.1 Å². The summed E-state index contributed by atoms with van der Waals surface area (Å²) < 4.78 is 40.7. The second kappa shape index (κ2) is 8.28. The van der Waals surface area contributed by atoms with E-state index >= 15 is 0 Å². The number of benzene rings is 2. The van der Waals surface area contributed by atoms with Gasteiger partial charge in [0.15, 0.2) is 0 Å². The minimum Gasteiger partial charge on any atom is -0.393 e. The molecule has 0 aliphatic carbocycles. The number of carbonyl (C=O) groups is 1. The van der Waals surface area contributed by atoms with E-state index in [1.807, 2.05) is 0 Å². The van der Waals surface area contributed by atoms with Gasteiger partial charge >= 0.3 is 0 Å². The van der Waals surface area contributed by atoms with Crippen LogP contribution in [0, 0.1) is 12.7 Å². The smallest absolute Gasteiger partial charge is 0.261 e. The van der Waals surface area contributed by atoms with E-state index in [0.29, 0.717) is 31.6 Å². The van der Waals surface area contributed by atoms with Gasteiger partial charge in [-0.05, 0) is 61.2 Å². The molecule has 0 aromatic heterocycles. The third kappa shape index (κ3) is 4.88. The largest absolute Gasteiger partial charge is 0.393 e. The van der Waals surface area contributed by atoms with Crippen molar-refractivity contribution < 1.29 is 22.7 Å². The molecule has 1 amide bonds. The van der Waals surface area contributed by atoms with Crippen LogP contribution in [-0.2, 0) is 21.2 Å². The number of sulfonamides is 1. The predicted octanol–water partition coefficient (Wildman–Crippen LogP) is 2.46. The molecule has 1 heterocycles. The Morgan fingerprint density at radius 1 is 1.18 bits per heavy atom. The zero-order chi connectivity index (χ0) is 20.3. The number of nitrogens with zero attached hydrogens (tertiary/aromatic N) is 1. The van der Waals surface area contributed by atoms with Gasteiger partial charge in [0.2, 0.25) is 5.91 Å². The second-order valence-corrected chi connectivity index (χ2v) is 8.68. The molecule has 2 aromatic carbocycles. The van der Waals surface area contributed by atoms with Crippen LogP contribution in [0.15, 0.2) is 47.4 Å². The molecule has 150 valence electrons. The normalized spacial score (nSPS) is 15.5. The first kappa shape index (κ1) is 20.3. The van der Waals surface area contributed by atoms with E-state index in [9.17, 15) is 22.7 Å². The van der Waals surface area contributed by atoms with E-state index in [2.05, 4.69) is 4.72 Å². The van der Waals surface area contributed by atoms with Gasteiger partial charge in [0.1, 0.15) is 5.82 Å². The second-order valence-electron chi connectivity index (χ2n) is 7.00. The summed E-state index contributed by atoms with van der Waals surface area (Å²) >= 11 is 0. The first-order valence-electron chi connectivity index (χ1n) is 9.08. The average molecular weight is 406 g/mol. The fourth-order valence-corrected chi connectivity index (χ4v) is 4.23. The number of likely N-dealkylation sites (tertiary alicyclic amines) is 1. The molecule has 0 saturated carbocycles. The van der Waals surface area contributed by atoms with Crippen molar-refractivity contribution in [2.45, 2.75) is 37.2 Å². The number of piperidine rings is 1. The number of hydrogen-bond acceptors (Lipinski definition) is 4. The Kier molecular flexibility index (Phi) is 6.00. The summed E-state index contributed by atoms with van der Waals surface area (Å²) in [4.78, 5) is 14.1. The van der Waals surface area contributed by atoms with Gasteiger partial charge in [-0.3, -0.25) is 9.52 Å². The number of nitrogens with one attached hydrogen (secondary N) is 1. The number of aryl methyl sites for hydroxylation is 1. The Morgan fingerprint density at radius 2 is 1.82 bits per heavy atom. The highest BCUT2D eigenvalue weighted by atomic mass is 32.2. The van der Waals surface area contributed by atoms with Crippen molar-refractivity contribution in [3.05, 3.63) is 59.4 Å². The first-order valence-corrected chi connectivity index (χ1v) is 10.6. The van der Waals surface area contributed by atoms with Gasteiger partial charge in [0.25, 0.3) is 10.0 Å². The number of anilines is 1. The standard InChI is InChI=1S/C20H23FN2O4S/c1-14-12-18(6-7-19(14)21)28(26,27)22-16-4-2-15(3-5-16)13-20(25)23-10-8-17(24)9-11-23/h2-7,12,17,22,24H,8-11,13H2,1H3. The molecule has 1 saturated heterocycles. The van der Waals surface area contributed by atoms with Gasteiger partial charge in [-0.1, -0.05) is 12.1 Å². The summed E-state index contributed by atoms with van der Waals surface area (Å²) in [6.45, 7) is 2.60. The third-order valence-electron chi connectivity index (χ3n) is 4.82. The number of hydrogen-bond donors (Lipinski definition) is 2. The van der Waals surface area contributed by atoms with Crippen LogP contribution in [0.2, 0.25) is 0 Å². The van der Waals surface area contributed by atoms with Crippen molar-refractivity contribution in [3.63, 3.8) is 0 Å². The molecule has 2 N–H and O–H groups in total. The van der Waals surface area contributed by atoms with E-state index in [-0.39, 0.29) is 28.9 Å². The number of rotatable bonds is 5. The SMILES string of the molecule is Cc1cc(S(=O)(=O)Nc2ccc(CC(=O)N3CCC(O)CC3)cc2)ccc1F. The van der Waals surface area contributed by atoms with Crippen LogP contribution in [0.25, 0.3) is 0 Å². The molecule has 6 nitrogen and oxygen atoms in total. The molecule has 0 spiro atoms. The van der Waals surface area contributed by atoms with Crippen LogP contribution in [-0.4, -0.2) is 43.5 Å². The topological polar surface area (TPSA) is 86.7 Å². The molecule has 1 fully saturated rings. The molecule has 1 aliphatic rings. The highest BCUT2D eigenvalue weighted by molar-refractivity contribution is 7.92. The number of amides is 1. The van der Waals surface area contributed by atoms with Crippen LogP contribution < -0.4 is 4.72 Å². The molecule has 0 unspecified atom stereocenters.